The van der Waals surface area contributed by atoms with Crippen molar-refractivity contribution in [3.63, 3.8) is 0 Å². The summed E-state index contributed by atoms with van der Waals surface area (Å²) in [5.41, 5.74) is 7.64. The van der Waals surface area contributed by atoms with E-state index in [9.17, 15) is 13.2 Å². The highest BCUT2D eigenvalue weighted by Gasteiger charge is 2.24. The molecule has 0 heterocycles. The van der Waals surface area contributed by atoms with Crippen molar-refractivity contribution in [2.45, 2.75) is 18.7 Å². The first-order valence-electron chi connectivity index (χ1n) is 6.70. The lowest BCUT2D eigenvalue weighted by atomic mass is 10.1. The summed E-state index contributed by atoms with van der Waals surface area (Å²) in [5.74, 6) is -0.669. The van der Waals surface area contributed by atoms with Gasteiger partial charge in [0.15, 0.2) is 0 Å². The van der Waals surface area contributed by atoms with Crippen LogP contribution in [0.2, 0.25) is 0 Å². The molecule has 0 fully saturated rings. The van der Waals surface area contributed by atoms with E-state index in [1.807, 2.05) is 13.8 Å². The maximum Gasteiger partial charge on any atom is 0.264 e. The number of primary amides is 1. The Morgan fingerprint density at radius 3 is 2.27 bits per heavy atom. The van der Waals surface area contributed by atoms with Crippen molar-refractivity contribution >= 4 is 21.6 Å². The van der Waals surface area contributed by atoms with Gasteiger partial charge in [-0.1, -0.05) is 18.2 Å². The number of rotatable bonds is 4. The second-order valence-corrected chi connectivity index (χ2v) is 7.07. The Labute approximate surface area is 130 Å². The molecule has 0 aliphatic rings. The minimum atomic E-state index is -3.76. The molecule has 2 N–H and O–H groups in total. The number of carbonyl (C=O) groups is 1. The minimum Gasteiger partial charge on any atom is -0.366 e. The predicted octanol–water partition coefficient (Wildman–Crippen LogP) is 2.23. The fourth-order valence-corrected chi connectivity index (χ4v) is 3.42. The van der Waals surface area contributed by atoms with E-state index in [-0.39, 0.29) is 16.1 Å². The van der Waals surface area contributed by atoms with Gasteiger partial charge >= 0.3 is 0 Å². The van der Waals surface area contributed by atoms with Crippen LogP contribution in [0.4, 0.5) is 5.69 Å². The summed E-state index contributed by atoms with van der Waals surface area (Å²) in [6.07, 6.45) is 0. The van der Waals surface area contributed by atoms with E-state index < -0.39 is 15.9 Å². The maximum absolute atomic E-state index is 12.7. The molecule has 0 radical (unpaired) electrons. The van der Waals surface area contributed by atoms with Crippen LogP contribution in [0.3, 0.4) is 0 Å². The van der Waals surface area contributed by atoms with Gasteiger partial charge in [0, 0.05) is 7.05 Å². The Morgan fingerprint density at radius 2 is 1.68 bits per heavy atom. The summed E-state index contributed by atoms with van der Waals surface area (Å²) in [5, 5.41) is 0. The van der Waals surface area contributed by atoms with Crippen LogP contribution in [0, 0.1) is 13.8 Å². The Morgan fingerprint density at radius 1 is 1.05 bits per heavy atom. The first-order valence-corrected chi connectivity index (χ1v) is 8.14. The van der Waals surface area contributed by atoms with Crippen LogP contribution in [0.25, 0.3) is 0 Å². The topological polar surface area (TPSA) is 80.5 Å². The number of sulfonamides is 1. The van der Waals surface area contributed by atoms with Crippen LogP contribution in [0.5, 0.6) is 0 Å². The van der Waals surface area contributed by atoms with Crippen molar-refractivity contribution in [3.05, 3.63) is 59.2 Å². The highest BCUT2D eigenvalue weighted by Crippen LogP contribution is 2.26. The van der Waals surface area contributed by atoms with Gasteiger partial charge in [0.05, 0.1) is 16.1 Å². The smallest absolute Gasteiger partial charge is 0.264 e. The van der Waals surface area contributed by atoms with E-state index in [0.717, 1.165) is 15.4 Å². The monoisotopic (exact) mass is 318 g/mol. The van der Waals surface area contributed by atoms with E-state index in [0.29, 0.717) is 0 Å². The van der Waals surface area contributed by atoms with Crippen molar-refractivity contribution < 1.29 is 13.2 Å². The molecule has 0 aromatic heterocycles. The lowest BCUT2D eigenvalue weighted by Gasteiger charge is -2.21. The lowest BCUT2D eigenvalue weighted by molar-refractivity contribution is 0.100. The van der Waals surface area contributed by atoms with Crippen molar-refractivity contribution in [1.82, 2.24) is 0 Å². The first-order chi connectivity index (χ1) is 10.2. The average molecular weight is 318 g/mol. The second kappa shape index (κ2) is 5.81. The molecular weight excluding hydrogens is 300 g/mol. The highest BCUT2D eigenvalue weighted by atomic mass is 32.2. The van der Waals surface area contributed by atoms with Crippen LogP contribution in [-0.2, 0) is 10.0 Å². The molecular formula is C16H18N2O3S. The lowest BCUT2D eigenvalue weighted by Crippen LogP contribution is -2.29. The molecule has 2 aromatic carbocycles. The fourth-order valence-electron chi connectivity index (χ4n) is 2.12. The zero-order valence-electron chi connectivity index (χ0n) is 12.7. The standard InChI is InChI=1S/C16H18N2O3S/c1-11-8-9-13(10-12(11)2)22(20,21)18(3)15-7-5-4-6-14(15)16(17)19/h4-10H,1-3H3,(H2,17,19). The van der Waals surface area contributed by atoms with E-state index in [1.54, 1.807) is 36.4 Å². The number of hydrogen-bond donors (Lipinski definition) is 1. The molecule has 0 unspecified atom stereocenters. The Hall–Kier alpha value is -2.34. The van der Waals surface area contributed by atoms with Gasteiger partial charge in [-0.05, 0) is 49.2 Å². The predicted molar refractivity (Wildman–Crippen MR) is 86.5 cm³/mol. The second-order valence-electron chi connectivity index (χ2n) is 5.10. The normalized spacial score (nSPS) is 11.2. The average Bonchev–Trinajstić information content (AvgIpc) is 2.49. The molecule has 0 atom stereocenters. The third-order valence-electron chi connectivity index (χ3n) is 3.65. The van der Waals surface area contributed by atoms with Gasteiger partial charge in [-0.25, -0.2) is 8.42 Å². The Balaban J connectivity index is 2.54. The van der Waals surface area contributed by atoms with Gasteiger partial charge < -0.3 is 5.73 Å². The van der Waals surface area contributed by atoms with E-state index in [1.165, 1.54) is 13.1 Å². The summed E-state index contributed by atoms with van der Waals surface area (Å²) in [6, 6.07) is 11.3. The zero-order chi connectivity index (χ0) is 16.5. The van der Waals surface area contributed by atoms with Crippen LogP contribution in [0.1, 0.15) is 21.5 Å². The fraction of sp³-hybridized carbons (Fsp3) is 0.188. The molecule has 0 spiro atoms. The molecule has 2 rings (SSSR count). The van der Waals surface area contributed by atoms with E-state index >= 15 is 0 Å². The van der Waals surface area contributed by atoms with Gasteiger partial charge in [0.25, 0.3) is 15.9 Å². The molecule has 0 saturated heterocycles. The number of amides is 1. The van der Waals surface area contributed by atoms with Crippen LogP contribution >= 0.6 is 0 Å². The minimum absolute atomic E-state index is 0.164. The van der Waals surface area contributed by atoms with Gasteiger partial charge in [-0.2, -0.15) is 0 Å². The number of aryl methyl sites for hydroxylation is 2. The summed E-state index contributed by atoms with van der Waals surface area (Å²) >= 11 is 0. The molecule has 0 saturated carbocycles. The number of carbonyl (C=O) groups excluding carboxylic acids is 1. The number of para-hydroxylation sites is 1. The summed E-state index contributed by atoms with van der Waals surface area (Å²) in [4.78, 5) is 11.7. The molecule has 0 aliphatic heterocycles. The SMILES string of the molecule is Cc1ccc(S(=O)(=O)N(C)c2ccccc2C(N)=O)cc1C. The molecule has 6 heteroatoms. The van der Waals surface area contributed by atoms with Crippen molar-refractivity contribution in [2.75, 3.05) is 11.4 Å². The van der Waals surface area contributed by atoms with Gasteiger partial charge in [0.1, 0.15) is 0 Å². The third-order valence-corrected chi connectivity index (χ3v) is 5.41. The summed E-state index contributed by atoms with van der Waals surface area (Å²) in [7, 11) is -2.35. The highest BCUT2D eigenvalue weighted by molar-refractivity contribution is 7.92. The van der Waals surface area contributed by atoms with Crippen LogP contribution in [0.15, 0.2) is 47.4 Å². The number of nitrogens with two attached hydrogens (primary N) is 1. The van der Waals surface area contributed by atoms with Gasteiger partial charge in [-0.15, -0.1) is 0 Å². The Kier molecular flexibility index (Phi) is 4.23. The van der Waals surface area contributed by atoms with Crippen molar-refractivity contribution in [1.29, 1.82) is 0 Å². The van der Waals surface area contributed by atoms with Crippen molar-refractivity contribution in [3.8, 4) is 0 Å². The number of benzene rings is 2. The molecule has 0 aliphatic carbocycles. The molecule has 0 bridgehead atoms. The maximum atomic E-state index is 12.7. The quantitative estimate of drug-likeness (QED) is 0.938. The third kappa shape index (κ3) is 2.82. The first kappa shape index (κ1) is 16.0. The molecule has 2 aromatic rings. The van der Waals surface area contributed by atoms with Gasteiger partial charge in [0.2, 0.25) is 0 Å². The van der Waals surface area contributed by atoms with Crippen LogP contribution in [-0.4, -0.2) is 21.4 Å². The van der Waals surface area contributed by atoms with E-state index in [2.05, 4.69) is 0 Å². The number of anilines is 1. The molecule has 1 amide bonds. The van der Waals surface area contributed by atoms with E-state index in [4.69, 9.17) is 5.73 Å². The summed E-state index contributed by atoms with van der Waals surface area (Å²) < 4.78 is 26.6. The molecule has 5 nitrogen and oxygen atoms in total. The molecule has 22 heavy (non-hydrogen) atoms. The number of nitrogens with zero attached hydrogens (tertiary/aromatic N) is 1. The zero-order valence-corrected chi connectivity index (χ0v) is 13.5. The van der Waals surface area contributed by atoms with Crippen molar-refractivity contribution in [2.24, 2.45) is 5.73 Å². The number of hydrogen-bond acceptors (Lipinski definition) is 3. The largest absolute Gasteiger partial charge is 0.366 e. The Bertz CT molecular complexity index is 829. The molecule has 116 valence electrons. The van der Waals surface area contributed by atoms with Crippen LogP contribution < -0.4 is 10.0 Å². The van der Waals surface area contributed by atoms with Gasteiger partial charge in [-0.3, -0.25) is 9.10 Å². The summed E-state index contributed by atoms with van der Waals surface area (Å²) in [6.45, 7) is 3.77.